The number of nitrogens with zero attached hydrogens (tertiary/aromatic N) is 2. The van der Waals surface area contributed by atoms with E-state index in [0.29, 0.717) is 40.2 Å². The van der Waals surface area contributed by atoms with Gasteiger partial charge in [0.05, 0.1) is 37.7 Å². The van der Waals surface area contributed by atoms with E-state index in [2.05, 4.69) is 5.32 Å². The van der Waals surface area contributed by atoms with Crippen molar-refractivity contribution >= 4 is 28.9 Å². The van der Waals surface area contributed by atoms with Crippen LogP contribution in [0.4, 0.5) is 17.1 Å². The third-order valence-electron chi connectivity index (χ3n) is 6.34. The minimum Gasteiger partial charge on any atom is -0.395 e. The van der Waals surface area contributed by atoms with E-state index in [0.717, 1.165) is 0 Å². The molecule has 0 fully saturated rings. The molecule has 0 aliphatic rings. The zero-order chi connectivity index (χ0) is 27.7. The standard InChI is InChI=1S/C27H39N3O7/c1-5-21(34)13-28-27(37)24-17(2)25(29(11-12-31)23(36)16-33)19(4)26(18(24)3)30(14-22(35)15-32)20-9-7-6-8-10-20/h6-10,21-22,31-35H,5,11-16H2,1-4H3,(H,28,37). The maximum absolute atomic E-state index is 13.4. The van der Waals surface area contributed by atoms with Crippen LogP contribution in [0.3, 0.4) is 0 Å². The lowest BCUT2D eigenvalue weighted by Gasteiger charge is -2.35. The summed E-state index contributed by atoms with van der Waals surface area (Å²) in [5.74, 6) is -1.11. The number of nitrogens with one attached hydrogen (secondary N) is 1. The molecular formula is C27H39N3O7. The largest absolute Gasteiger partial charge is 0.395 e. The number of amides is 2. The maximum atomic E-state index is 13.4. The zero-order valence-corrected chi connectivity index (χ0v) is 21.9. The van der Waals surface area contributed by atoms with Crippen molar-refractivity contribution in [2.45, 2.75) is 46.3 Å². The van der Waals surface area contributed by atoms with Gasteiger partial charge in [0, 0.05) is 30.0 Å². The second-order valence-corrected chi connectivity index (χ2v) is 8.93. The quantitative estimate of drug-likeness (QED) is 0.229. The van der Waals surface area contributed by atoms with Crippen molar-refractivity contribution < 1.29 is 35.1 Å². The second-order valence-electron chi connectivity index (χ2n) is 8.93. The Morgan fingerprint density at radius 3 is 2.08 bits per heavy atom. The normalized spacial score (nSPS) is 12.7. The van der Waals surface area contributed by atoms with Crippen molar-refractivity contribution in [3.8, 4) is 0 Å². The van der Waals surface area contributed by atoms with E-state index < -0.39 is 37.2 Å². The summed E-state index contributed by atoms with van der Waals surface area (Å²) in [6.07, 6.45) is -1.37. The highest BCUT2D eigenvalue weighted by Gasteiger charge is 2.30. The topological polar surface area (TPSA) is 154 Å². The number of hydrogen-bond donors (Lipinski definition) is 6. The van der Waals surface area contributed by atoms with Crippen molar-refractivity contribution in [1.29, 1.82) is 0 Å². The van der Waals surface area contributed by atoms with Crippen LogP contribution in [-0.4, -0.2) is 89.0 Å². The van der Waals surface area contributed by atoms with Gasteiger partial charge in [-0.3, -0.25) is 9.59 Å². The van der Waals surface area contributed by atoms with Gasteiger partial charge in [-0.15, -0.1) is 0 Å². The van der Waals surface area contributed by atoms with Gasteiger partial charge in [-0.2, -0.15) is 0 Å². The molecule has 6 N–H and O–H groups in total. The number of para-hydroxylation sites is 1. The van der Waals surface area contributed by atoms with E-state index in [1.807, 2.05) is 30.3 Å². The van der Waals surface area contributed by atoms with Gasteiger partial charge in [-0.25, -0.2) is 0 Å². The van der Waals surface area contributed by atoms with Crippen molar-refractivity contribution in [2.75, 3.05) is 49.3 Å². The smallest absolute Gasteiger partial charge is 0.252 e. The number of hydrogen-bond acceptors (Lipinski definition) is 8. The molecular weight excluding hydrogens is 478 g/mol. The van der Waals surface area contributed by atoms with Crippen LogP contribution < -0.4 is 15.1 Å². The van der Waals surface area contributed by atoms with Crippen LogP contribution in [-0.2, 0) is 4.79 Å². The van der Waals surface area contributed by atoms with Crippen molar-refractivity contribution in [2.24, 2.45) is 0 Å². The number of aliphatic hydroxyl groups is 5. The molecule has 0 bridgehead atoms. The molecule has 0 spiro atoms. The number of carbonyl (C=O) groups excluding carboxylic acids is 2. The number of benzene rings is 2. The molecule has 2 rings (SSSR count). The van der Waals surface area contributed by atoms with Crippen LogP contribution in [0.25, 0.3) is 0 Å². The molecule has 204 valence electrons. The highest BCUT2D eigenvalue weighted by Crippen LogP contribution is 2.42. The highest BCUT2D eigenvalue weighted by molar-refractivity contribution is 6.05. The summed E-state index contributed by atoms with van der Waals surface area (Å²) in [6, 6.07) is 9.13. The first-order valence-corrected chi connectivity index (χ1v) is 12.4. The van der Waals surface area contributed by atoms with Gasteiger partial charge in [-0.05, 0) is 56.0 Å². The molecule has 2 aromatic rings. The molecule has 0 aromatic heterocycles. The number of carbonyl (C=O) groups is 2. The Balaban J connectivity index is 2.90. The minimum atomic E-state index is -1.10. The molecule has 0 aliphatic heterocycles. The first kappa shape index (κ1) is 30.2. The molecule has 2 atom stereocenters. The van der Waals surface area contributed by atoms with E-state index in [1.54, 1.807) is 32.6 Å². The Bertz CT molecular complexity index is 1060. The summed E-state index contributed by atoms with van der Waals surface area (Å²) < 4.78 is 0. The minimum absolute atomic E-state index is 0.00571. The molecule has 0 saturated carbocycles. The molecule has 2 aromatic carbocycles. The molecule has 2 amide bonds. The fraction of sp³-hybridized carbons (Fsp3) is 0.481. The predicted molar refractivity (Wildman–Crippen MR) is 142 cm³/mol. The summed E-state index contributed by atoms with van der Waals surface area (Å²) in [4.78, 5) is 29.2. The summed E-state index contributed by atoms with van der Waals surface area (Å²) in [7, 11) is 0. The number of anilines is 3. The monoisotopic (exact) mass is 517 g/mol. The predicted octanol–water partition coefficient (Wildman–Crippen LogP) is 0.921. The summed E-state index contributed by atoms with van der Waals surface area (Å²) in [5, 5.41) is 52.1. The van der Waals surface area contributed by atoms with Gasteiger partial charge in [0.1, 0.15) is 6.61 Å². The molecule has 2 unspecified atom stereocenters. The summed E-state index contributed by atoms with van der Waals surface area (Å²) in [5.41, 5.74) is 3.47. The maximum Gasteiger partial charge on any atom is 0.252 e. The molecule has 37 heavy (non-hydrogen) atoms. The Morgan fingerprint density at radius 1 is 0.919 bits per heavy atom. The van der Waals surface area contributed by atoms with Gasteiger partial charge >= 0.3 is 0 Å². The average molecular weight is 518 g/mol. The van der Waals surface area contributed by atoms with Gasteiger partial charge in [-0.1, -0.05) is 25.1 Å². The Labute approximate surface area is 217 Å². The lowest BCUT2D eigenvalue weighted by atomic mass is 9.92. The second kappa shape index (κ2) is 14.1. The first-order chi connectivity index (χ1) is 17.6. The van der Waals surface area contributed by atoms with Crippen molar-refractivity contribution in [1.82, 2.24) is 5.32 Å². The SMILES string of the molecule is CCC(O)CNC(=O)c1c(C)c(N(CCO)C(=O)CO)c(C)c(N(CC(O)CO)c2ccccc2)c1C. The van der Waals surface area contributed by atoms with Crippen LogP contribution in [0.2, 0.25) is 0 Å². The lowest BCUT2D eigenvalue weighted by Crippen LogP contribution is -2.39. The van der Waals surface area contributed by atoms with Crippen molar-refractivity contribution in [3.05, 3.63) is 52.6 Å². The van der Waals surface area contributed by atoms with Crippen molar-refractivity contribution in [3.63, 3.8) is 0 Å². The van der Waals surface area contributed by atoms with E-state index in [9.17, 15) is 35.1 Å². The van der Waals surface area contributed by atoms with Crippen LogP contribution in [0.5, 0.6) is 0 Å². The third kappa shape index (κ3) is 7.06. The van der Waals surface area contributed by atoms with E-state index in [1.165, 1.54) is 4.90 Å². The average Bonchev–Trinajstić information content (AvgIpc) is 2.90. The molecule has 0 heterocycles. The van der Waals surface area contributed by atoms with E-state index >= 15 is 0 Å². The van der Waals surface area contributed by atoms with Gasteiger partial charge in [0.2, 0.25) is 0 Å². The zero-order valence-electron chi connectivity index (χ0n) is 21.9. The molecule has 0 radical (unpaired) electrons. The molecule has 0 saturated heterocycles. The van der Waals surface area contributed by atoms with Gasteiger partial charge in [0.25, 0.3) is 11.8 Å². The molecule has 10 nitrogen and oxygen atoms in total. The number of aliphatic hydroxyl groups excluding tert-OH is 5. The fourth-order valence-corrected chi connectivity index (χ4v) is 4.54. The third-order valence-corrected chi connectivity index (χ3v) is 6.34. The fourth-order valence-electron chi connectivity index (χ4n) is 4.54. The first-order valence-electron chi connectivity index (χ1n) is 12.4. The van der Waals surface area contributed by atoms with Crippen LogP contribution in [0, 0.1) is 20.8 Å². The van der Waals surface area contributed by atoms with Crippen LogP contribution in [0.1, 0.15) is 40.4 Å². The molecule has 10 heteroatoms. The van der Waals surface area contributed by atoms with Gasteiger partial charge < -0.3 is 40.6 Å². The number of rotatable bonds is 13. The van der Waals surface area contributed by atoms with Crippen LogP contribution >= 0.6 is 0 Å². The van der Waals surface area contributed by atoms with E-state index in [-0.39, 0.29) is 31.8 Å². The summed E-state index contributed by atoms with van der Waals surface area (Å²) >= 11 is 0. The molecule has 0 aliphatic carbocycles. The van der Waals surface area contributed by atoms with Crippen LogP contribution in [0.15, 0.2) is 30.3 Å². The Kier molecular flexibility index (Phi) is 11.5. The highest BCUT2D eigenvalue weighted by atomic mass is 16.3. The lowest BCUT2D eigenvalue weighted by molar-refractivity contribution is -0.121. The Morgan fingerprint density at radius 2 is 1.54 bits per heavy atom. The van der Waals surface area contributed by atoms with Gasteiger partial charge in [0.15, 0.2) is 0 Å². The Hall–Kier alpha value is -3.02. The summed E-state index contributed by atoms with van der Waals surface area (Å²) in [6.45, 7) is 5.29. The van der Waals surface area contributed by atoms with E-state index in [4.69, 9.17) is 0 Å².